The van der Waals surface area contributed by atoms with Crippen LogP contribution in [0.2, 0.25) is 0 Å². The van der Waals surface area contributed by atoms with Crippen LogP contribution in [0.1, 0.15) is 92.0 Å². The fourth-order valence-electron chi connectivity index (χ4n) is 6.08. The molecule has 12 nitrogen and oxygen atoms in total. The van der Waals surface area contributed by atoms with Gasteiger partial charge in [0.25, 0.3) is 10.0 Å². The molecular formula is C38H46N6O6S. The summed E-state index contributed by atoms with van der Waals surface area (Å²) in [6, 6.07) is 13.0. The zero-order valence-electron chi connectivity index (χ0n) is 30.4. The van der Waals surface area contributed by atoms with Gasteiger partial charge in [-0.15, -0.1) is 0 Å². The third kappa shape index (κ3) is 9.08. The highest BCUT2D eigenvalue weighted by Gasteiger charge is 2.25. The second kappa shape index (κ2) is 15.2. The number of fused-ring (bicyclic) bond motifs is 1. The largest absolute Gasteiger partial charge is 0.493 e. The lowest BCUT2D eigenvalue weighted by Gasteiger charge is -2.27. The van der Waals surface area contributed by atoms with E-state index in [1.54, 1.807) is 13.3 Å². The Kier molecular flexibility index (Phi) is 11.1. The second-order valence-corrected chi connectivity index (χ2v) is 16.0. The molecule has 1 atom stereocenters. The molecule has 3 heterocycles. The second-order valence-electron chi connectivity index (χ2n) is 14.3. The normalized spacial score (nSPS) is 12.7. The van der Waals surface area contributed by atoms with Gasteiger partial charge >= 0.3 is 5.97 Å². The topological polar surface area (TPSA) is 169 Å². The Labute approximate surface area is 299 Å². The molecule has 13 heteroatoms. The van der Waals surface area contributed by atoms with Crippen LogP contribution >= 0.6 is 0 Å². The van der Waals surface area contributed by atoms with E-state index in [2.05, 4.69) is 54.6 Å². The highest BCUT2D eigenvalue weighted by molar-refractivity contribution is 7.92. The monoisotopic (exact) mass is 714 g/mol. The number of nitrogens with zero attached hydrogens (tertiary/aromatic N) is 4. The smallest absolute Gasteiger partial charge is 0.335 e. The predicted molar refractivity (Wildman–Crippen MR) is 197 cm³/mol. The third-order valence-corrected chi connectivity index (χ3v) is 9.84. The van der Waals surface area contributed by atoms with E-state index in [9.17, 15) is 18.3 Å². The molecule has 2 aromatic carbocycles. The summed E-state index contributed by atoms with van der Waals surface area (Å²) in [7, 11) is -2.69. The third-order valence-electron chi connectivity index (χ3n) is 8.51. The van der Waals surface area contributed by atoms with Gasteiger partial charge in [0.1, 0.15) is 17.0 Å². The molecule has 3 aromatic heterocycles. The Morgan fingerprint density at radius 2 is 1.73 bits per heavy atom. The molecule has 3 N–H and O–H groups in total. The predicted octanol–water partition coefficient (Wildman–Crippen LogP) is 7.45. The van der Waals surface area contributed by atoms with Gasteiger partial charge in [0.05, 0.1) is 35.2 Å². The average Bonchev–Trinajstić information content (AvgIpc) is 3.49. The zero-order chi connectivity index (χ0) is 37.1. The molecule has 0 aliphatic rings. The van der Waals surface area contributed by atoms with Crippen LogP contribution < -0.4 is 14.8 Å². The summed E-state index contributed by atoms with van der Waals surface area (Å²) in [4.78, 5) is 30.0. The Bertz CT molecular complexity index is 2140. The van der Waals surface area contributed by atoms with Crippen LogP contribution in [0.4, 0.5) is 5.95 Å². The summed E-state index contributed by atoms with van der Waals surface area (Å²) < 4.78 is 41.4. The van der Waals surface area contributed by atoms with Gasteiger partial charge < -0.3 is 19.6 Å². The molecule has 5 aromatic rings. The van der Waals surface area contributed by atoms with E-state index in [0.717, 1.165) is 46.1 Å². The summed E-state index contributed by atoms with van der Waals surface area (Å²) in [5.41, 5.74) is 5.54. The van der Waals surface area contributed by atoms with E-state index >= 15 is 0 Å². The fraction of sp³-hybridized carbons (Fsp3) is 0.395. The highest BCUT2D eigenvalue weighted by Crippen LogP contribution is 2.37. The first kappa shape index (κ1) is 37.4. The van der Waals surface area contributed by atoms with Gasteiger partial charge in [-0.1, -0.05) is 58.9 Å². The van der Waals surface area contributed by atoms with Gasteiger partial charge in [-0.2, -0.15) is 0 Å². The van der Waals surface area contributed by atoms with Crippen LogP contribution in [-0.4, -0.2) is 52.6 Å². The van der Waals surface area contributed by atoms with Crippen molar-refractivity contribution in [2.45, 2.75) is 91.1 Å². The van der Waals surface area contributed by atoms with Crippen molar-refractivity contribution in [2.75, 3.05) is 11.8 Å². The maximum Gasteiger partial charge on any atom is 0.335 e. The Hall–Kier alpha value is -4.88. The Morgan fingerprint density at radius 1 is 1.02 bits per heavy atom. The minimum Gasteiger partial charge on any atom is -0.493 e. The molecule has 0 saturated carbocycles. The summed E-state index contributed by atoms with van der Waals surface area (Å²) in [6.45, 7) is 15.1. The number of hydrogen-bond acceptors (Lipinski definition) is 10. The maximum absolute atomic E-state index is 13.5. The molecule has 0 radical (unpaired) electrons. The quantitative estimate of drug-likeness (QED) is 0.104. The Morgan fingerprint density at radius 3 is 2.37 bits per heavy atom. The van der Waals surface area contributed by atoms with Gasteiger partial charge in [0, 0.05) is 30.1 Å². The van der Waals surface area contributed by atoms with Crippen molar-refractivity contribution in [2.24, 2.45) is 5.41 Å². The molecule has 0 bridgehead atoms. The molecule has 5 rings (SSSR count). The molecule has 0 fully saturated rings. The number of methoxy groups -OCH3 is 1. The number of furan rings is 1. The summed E-state index contributed by atoms with van der Waals surface area (Å²) in [5, 5.41) is 13.1. The number of aryl methyl sites for hydroxylation is 3. The molecule has 0 aliphatic heterocycles. The number of anilines is 1. The highest BCUT2D eigenvalue weighted by atomic mass is 32.2. The zero-order valence-corrected chi connectivity index (χ0v) is 31.2. The lowest BCUT2D eigenvalue weighted by Crippen LogP contribution is -2.33. The van der Waals surface area contributed by atoms with Crippen LogP contribution in [0, 0.1) is 19.3 Å². The number of hydrogen-bond donors (Lipinski definition) is 3. The van der Waals surface area contributed by atoms with Crippen molar-refractivity contribution in [1.29, 1.82) is 0 Å². The van der Waals surface area contributed by atoms with Crippen LogP contribution in [0.25, 0.3) is 22.5 Å². The summed E-state index contributed by atoms with van der Waals surface area (Å²) >= 11 is 0. The van der Waals surface area contributed by atoms with Crippen molar-refractivity contribution >= 4 is 33.2 Å². The van der Waals surface area contributed by atoms with E-state index in [1.807, 2.05) is 38.1 Å². The molecule has 0 aliphatic carbocycles. The van der Waals surface area contributed by atoms with Crippen molar-refractivity contribution < 1.29 is 27.5 Å². The first-order chi connectivity index (χ1) is 24.0. The van der Waals surface area contributed by atoms with E-state index < -0.39 is 16.0 Å². The number of aromatic nitrogens is 4. The lowest BCUT2D eigenvalue weighted by molar-refractivity contribution is 0.0696. The van der Waals surface area contributed by atoms with Crippen LogP contribution in [0.3, 0.4) is 0 Å². The van der Waals surface area contributed by atoms with Gasteiger partial charge in [-0.3, -0.25) is 0 Å². The minimum atomic E-state index is -4.25. The van der Waals surface area contributed by atoms with E-state index in [4.69, 9.17) is 19.1 Å². The standard InChI is InChI=1S/C38H46N6O6S/c1-22(2)31-18-30-35(50-31)40-21-27(41-30)20-39-26(19-38(5,6)7)15-16-29-34(49-8)33(32-23(3)11-9-12-24(32)4)43-37(42-29)44-51(47,48)28-14-10-13-25(17-28)36(45)46/h9-14,17-18,21-22,26,39H,15-16,19-20H2,1-8H3,(H,45,46)(H,42,43,44). The summed E-state index contributed by atoms with van der Waals surface area (Å²) in [5.74, 6) is 0.144. The number of ether oxygens (including phenoxy) is 1. The molecule has 51 heavy (non-hydrogen) atoms. The van der Waals surface area contributed by atoms with Crippen LogP contribution in [0.15, 0.2) is 64.0 Å². The lowest BCUT2D eigenvalue weighted by atomic mass is 9.86. The molecule has 0 spiro atoms. The van der Waals surface area contributed by atoms with Gasteiger partial charge in [0.15, 0.2) is 5.75 Å². The minimum absolute atomic E-state index is 0.00547. The molecule has 0 saturated heterocycles. The van der Waals surface area contributed by atoms with Gasteiger partial charge in [-0.25, -0.2) is 37.9 Å². The number of sulfonamides is 1. The SMILES string of the molecule is COc1c(CCC(CC(C)(C)C)NCc2cnc3oc(C(C)C)cc3n2)nc(NS(=O)(=O)c2cccc(C(=O)O)c2)nc1-c1c(C)cccc1C. The number of aromatic carboxylic acids is 1. The van der Waals surface area contributed by atoms with Crippen molar-refractivity contribution in [1.82, 2.24) is 25.3 Å². The van der Waals surface area contributed by atoms with Crippen molar-refractivity contribution in [3.63, 3.8) is 0 Å². The molecule has 0 amide bonds. The first-order valence-electron chi connectivity index (χ1n) is 16.9. The fourth-order valence-corrected chi connectivity index (χ4v) is 7.07. The number of carboxylic acid groups (broad SMARTS) is 1. The van der Waals surface area contributed by atoms with Gasteiger partial charge in [0.2, 0.25) is 11.7 Å². The maximum atomic E-state index is 13.5. The van der Waals surface area contributed by atoms with Crippen molar-refractivity contribution in [3.05, 3.63) is 88.6 Å². The van der Waals surface area contributed by atoms with E-state index in [0.29, 0.717) is 42.2 Å². The first-order valence-corrected chi connectivity index (χ1v) is 18.4. The number of benzene rings is 2. The van der Waals surface area contributed by atoms with E-state index in [1.165, 1.54) is 18.2 Å². The van der Waals surface area contributed by atoms with Gasteiger partial charge in [-0.05, 0) is 67.9 Å². The number of nitrogens with one attached hydrogen (secondary N) is 2. The molecule has 270 valence electrons. The Balaban J connectivity index is 1.48. The van der Waals surface area contributed by atoms with Crippen LogP contribution in [-0.2, 0) is 23.0 Å². The number of carbonyl (C=O) groups is 1. The molecule has 1 unspecified atom stereocenters. The summed E-state index contributed by atoms with van der Waals surface area (Å²) in [6.07, 6.45) is 3.64. The molecular weight excluding hydrogens is 669 g/mol. The van der Waals surface area contributed by atoms with Crippen LogP contribution in [0.5, 0.6) is 5.75 Å². The van der Waals surface area contributed by atoms with Crippen molar-refractivity contribution in [3.8, 4) is 17.0 Å². The average molecular weight is 715 g/mol. The number of carboxylic acids is 1. The van der Waals surface area contributed by atoms with E-state index in [-0.39, 0.29) is 33.8 Å². The number of rotatable bonds is 14.